The minimum Gasteiger partial charge on any atom is -0.365 e. The smallest absolute Gasteiger partial charge is 0.156 e. The van der Waals surface area contributed by atoms with E-state index in [1.54, 1.807) is 0 Å². The number of thioether (sulfide) groups is 1. The highest BCUT2D eigenvalue weighted by Crippen LogP contribution is 2.21. The molecule has 0 aromatic carbocycles. The monoisotopic (exact) mass is 257 g/mol. The van der Waals surface area contributed by atoms with Crippen molar-refractivity contribution in [2.75, 3.05) is 26.7 Å². The van der Waals surface area contributed by atoms with Gasteiger partial charge in [0, 0.05) is 17.8 Å². The maximum absolute atomic E-state index is 4.51. The fourth-order valence-corrected chi connectivity index (χ4v) is 2.63. The molecule has 0 saturated carbocycles. The Morgan fingerprint density at radius 3 is 2.82 bits per heavy atom. The second-order valence-corrected chi connectivity index (χ2v) is 6.29. The van der Waals surface area contributed by atoms with Crippen molar-refractivity contribution in [2.45, 2.75) is 51.3 Å². The Morgan fingerprint density at radius 1 is 1.47 bits per heavy atom. The zero-order valence-corrected chi connectivity index (χ0v) is 12.5. The van der Waals surface area contributed by atoms with Gasteiger partial charge < -0.3 is 10.2 Å². The normalized spacial score (nSPS) is 20.1. The van der Waals surface area contributed by atoms with Crippen LogP contribution in [-0.2, 0) is 0 Å². The largest absolute Gasteiger partial charge is 0.365 e. The molecule has 17 heavy (non-hydrogen) atoms. The van der Waals surface area contributed by atoms with E-state index in [9.17, 15) is 0 Å². The van der Waals surface area contributed by atoms with E-state index in [0.29, 0.717) is 11.3 Å². The predicted molar refractivity (Wildman–Crippen MR) is 79.0 cm³/mol. The fraction of sp³-hybridized carbons (Fsp3) is 0.923. The lowest BCUT2D eigenvalue weighted by Gasteiger charge is -2.20. The molecule has 4 heteroatoms. The van der Waals surface area contributed by atoms with Gasteiger partial charge in [0.15, 0.2) is 5.17 Å². The highest BCUT2D eigenvalue weighted by molar-refractivity contribution is 8.14. The van der Waals surface area contributed by atoms with Crippen LogP contribution < -0.4 is 5.32 Å². The average molecular weight is 257 g/mol. The Bertz CT molecular complexity index is 241. The van der Waals surface area contributed by atoms with Crippen LogP contribution in [0.15, 0.2) is 4.99 Å². The van der Waals surface area contributed by atoms with Crippen LogP contribution in [0.3, 0.4) is 0 Å². The predicted octanol–water partition coefficient (Wildman–Crippen LogP) is 2.58. The van der Waals surface area contributed by atoms with Crippen molar-refractivity contribution >= 4 is 16.9 Å². The van der Waals surface area contributed by atoms with Crippen molar-refractivity contribution in [1.82, 2.24) is 10.2 Å². The SMILES string of the molecule is CCC1CN=C(NCCCCN(C)C(C)C)S1. The van der Waals surface area contributed by atoms with Gasteiger partial charge in [-0.2, -0.15) is 0 Å². The summed E-state index contributed by atoms with van der Waals surface area (Å²) in [5.41, 5.74) is 0. The van der Waals surface area contributed by atoms with Crippen LogP contribution in [-0.4, -0.2) is 48.0 Å². The van der Waals surface area contributed by atoms with E-state index < -0.39 is 0 Å². The van der Waals surface area contributed by atoms with Crippen molar-refractivity contribution in [3.05, 3.63) is 0 Å². The third kappa shape index (κ3) is 5.77. The molecule has 1 heterocycles. The maximum Gasteiger partial charge on any atom is 0.156 e. The minimum atomic E-state index is 0.656. The number of aliphatic imine (C=N–C) groups is 1. The molecule has 0 aliphatic carbocycles. The third-order valence-electron chi connectivity index (χ3n) is 3.27. The molecule has 1 aliphatic heterocycles. The summed E-state index contributed by atoms with van der Waals surface area (Å²) in [6.45, 7) is 9.97. The summed E-state index contributed by atoms with van der Waals surface area (Å²) in [7, 11) is 2.20. The Balaban J connectivity index is 1.98. The Labute approximate surface area is 110 Å². The number of nitrogens with zero attached hydrogens (tertiary/aromatic N) is 2. The molecule has 100 valence electrons. The first-order valence-corrected chi connectivity index (χ1v) is 7.66. The van der Waals surface area contributed by atoms with Gasteiger partial charge in [0.25, 0.3) is 0 Å². The highest BCUT2D eigenvalue weighted by atomic mass is 32.2. The van der Waals surface area contributed by atoms with Gasteiger partial charge in [0.05, 0.1) is 6.54 Å². The van der Waals surface area contributed by atoms with Crippen LogP contribution in [0.25, 0.3) is 0 Å². The van der Waals surface area contributed by atoms with Gasteiger partial charge in [-0.1, -0.05) is 18.7 Å². The first kappa shape index (κ1) is 14.8. The maximum atomic E-state index is 4.51. The lowest BCUT2D eigenvalue weighted by molar-refractivity contribution is 0.268. The second-order valence-electron chi connectivity index (χ2n) is 5.00. The van der Waals surface area contributed by atoms with E-state index in [4.69, 9.17) is 0 Å². The van der Waals surface area contributed by atoms with Crippen molar-refractivity contribution in [3.63, 3.8) is 0 Å². The van der Waals surface area contributed by atoms with Gasteiger partial charge in [0.2, 0.25) is 0 Å². The van der Waals surface area contributed by atoms with Gasteiger partial charge in [-0.15, -0.1) is 0 Å². The second kappa shape index (κ2) is 7.98. The standard InChI is InChI=1S/C13H27N3S/c1-5-12-10-15-13(17-12)14-8-6-7-9-16(4)11(2)3/h11-12H,5-10H2,1-4H3,(H,14,15). The molecule has 1 unspecified atom stereocenters. The molecule has 0 saturated heterocycles. The van der Waals surface area contributed by atoms with E-state index in [1.165, 1.54) is 25.8 Å². The van der Waals surface area contributed by atoms with Gasteiger partial charge in [-0.05, 0) is 46.7 Å². The van der Waals surface area contributed by atoms with Gasteiger partial charge in [0.1, 0.15) is 0 Å². The van der Waals surface area contributed by atoms with Gasteiger partial charge in [-0.3, -0.25) is 4.99 Å². The molecule has 1 N–H and O–H groups in total. The lowest BCUT2D eigenvalue weighted by Crippen LogP contribution is -2.28. The summed E-state index contributed by atoms with van der Waals surface area (Å²) in [5, 5.41) is 5.32. The van der Waals surface area contributed by atoms with E-state index in [1.807, 2.05) is 11.8 Å². The average Bonchev–Trinajstić information content (AvgIpc) is 2.76. The molecule has 0 aromatic heterocycles. The van der Waals surface area contributed by atoms with Gasteiger partial charge >= 0.3 is 0 Å². The van der Waals surface area contributed by atoms with Crippen LogP contribution in [0.5, 0.6) is 0 Å². The van der Waals surface area contributed by atoms with E-state index in [0.717, 1.165) is 18.3 Å². The first-order valence-electron chi connectivity index (χ1n) is 6.78. The topological polar surface area (TPSA) is 27.6 Å². The number of amidine groups is 1. The zero-order valence-electron chi connectivity index (χ0n) is 11.7. The van der Waals surface area contributed by atoms with Crippen LogP contribution in [0.2, 0.25) is 0 Å². The molecule has 1 aliphatic rings. The number of hydrogen-bond donors (Lipinski definition) is 1. The van der Waals surface area contributed by atoms with Crippen LogP contribution >= 0.6 is 11.8 Å². The first-order chi connectivity index (χ1) is 8.13. The Kier molecular flexibility index (Phi) is 6.97. The van der Waals surface area contributed by atoms with Gasteiger partial charge in [-0.25, -0.2) is 0 Å². The molecule has 1 rings (SSSR count). The lowest BCUT2D eigenvalue weighted by atomic mass is 10.2. The number of hydrogen-bond acceptors (Lipinski definition) is 4. The molecule has 0 aromatic rings. The molecule has 0 amide bonds. The van der Waals surface area contributed by atoms with E-state index in [2.05, 4.69) is 43.0 Å². The van der Waals surface area contributed by atoms with E-state index in [-0.39, 0.29) is 0 Å². The molecular weight excluding hydrogens is 230 g/mol. The number of nitrogens with one attached hydrogen (secondary N) is 1. The van der Waals surface area contributed by atoms with E-state index >= 15 is 0 Å². The molecule has 0 bridgehead atoms. The molecule has 1 atom stereocenters. The van der Waals surface area contributed by atoms with Crippen molar-refractivity contribution in [2.24, 2.45) is 4.99 Å². The number of rotatable bonds is 7. The Morgan fingerprint density at radius 2 is 2.24 bits per heavy atom. The molecule has 0 spiro atoms. The summed E-state index contributed by atoms with van der Waals surface area (Å²) in [6.07, 6.45) is 3.71. The van der Waals surface area contributed by atoms with Crippen LogP contribution in [0, 0.1) is 0 Å². The van der Waals surface area contributed by atoms with Crippen molar-refractivity contribution < 1.29 is 0 Å². The summed E-state index contributed by atoms with van der Waals surface area (Å²) in [5.74, 6) is 0. The molecule has 3 nitrogen and oxygen atoms in total. The minimum absolute atomic E-state index is 0.656. The van der Waals surface area contributed by atoms with Crippen molar-refractivity contribution in [3.8, 4) is 0 Å². The summed E-state index contributed by atoms with van der Waals surface area (Å²) in [4.78, 5) is 6.90. The molecule has 0 fully saturated rings. The van der Waals surface area contributed by atoms with Crippen molar-refractivity contribution in [1.29, 1.82) is 0 Å². The fourth-order valence-electron chi connectivity index (χ4n) is 1.67. The molecular formula is C13H27N3S. The molecule has 0 radical (unpaired) electrons. The summed E-state index contributed by atoms with van der Waals surface area (Å²) >= 11 is 1.91. The summed E-state index contributed by atoms with van der Waals surface area (Å²) in [6, 6.07) is 0.656. The van der Waals surface area contributed by atoms with Crippen LogP contribution in [0.1, 0.15) is 40.0 Å². The Hall–Kier alpha value is -0.220. The zero-order chi connectivity index (χ0) is 12.7. The quantitative estimate of drug-likeness (QED) is 0.710. The van der Waals surface area contributed by atoms with Crippen LogP contribution in [0.4, 0.5) is 0 Å². The summed E-state index contributed by atoms with van der Waals surface area (Å²) < 4.78 is 0. The number of unbranched alkanes of at least 4 members (excludes halogenated alkanes) is 1. The highest BCUT2D eigenvalue weighted by Gasteiger charge is 2.16. The third-order valence-corrected chi connectivity index (χ3v) is 4.58.